The summed E-state index contributed by atoms with van der Waals surface area (Å²) in [6.45, 7) is 6.43. The number of nitrogens with zero attached hydrogens (tertiary/aromatic N) is 2. The van der Waals surface area contributed by atoms with Crippen LogP contribution in [0.25, 0.3) is 11.3 Å². The summed E-state index contributed by atoms with van der Waals surface area (Å²) in [5.74, 6) is 1.54. The van der Waals surface area contributed by atoms with Gasteiger partial charge in [-0.1, -0.05) is 0 Å². The molecule has 2 aliphatic rings. The van der Waals surface area contributed by atoms with Crippen molar-refractivity contribution in [2.45, 2.75) is 0 Å². The van der Waals surface area contributed by atoms with Crippen molar-refractivity contribution in [2.24, 2.45) is 0 Å². The smallest absolute Gasteiger partial charge is 0.273 e. The number of carbonyl (C=O) groups excluding carboxylic acids is 1. The van der Waals surface area contributed by atoms with Crippen molar-refractivity contribution in [2.75, 3.05) is 52.5 Å². The number of oxazole rings is 1. The zero-order chi connectivity index (χ0) is 17.8. The molecule has 0 atom stereocenters. The van der Waals surface area contributed by atoms with Crippen LogP contribution in [0.5, 0.6) is 11.5 Å². The number of hydrogen-bond donors (Lipinski definition) is 2. The third-order valence-electron chi connectivity index (χ3n) is 4.51. The maximum absolute atomic E-state index is 12.5. The van der Waals surface area contributed by atoms with Crippen molar-refractivity contribution in [3.8, 4) is 22.8 Å². The molecule has 0 spiro atoms. The number of benzene rings is 1. The van der Waals surface area contributed by atoms with Gasteiger partial charge in [-0.15, -0.1) is 0 Å². The van der Waals surface area contributed by atoms with Gasteiger partial charge in [0.05, 0.1) is 0 Å². The summed E-state index contributed by atoms with van der Waals surface area (Å²) in [6.07, 6.45) is 1.29. The highest BCUT2D eigenvalue weighted by Crippen LogP contribution is 2.35. The van der Waals surface area contributed by atoms with Crippen LogP contribution >= 0.6 is 0 Å². The van der Waals surface area contributed by atoms with Gasteiger partial charge in [0.15, 0.2) is 29.3 Å². The zero-order valence-electron chi connectivity index (χ0n) is 14.5. The maximum atomic E-state index is 12.5. The van der Waals surface area contributed by atoms with Gasteiger partial charge in [0, 0.05) is 44.8 Å². The number of fused-ring (bicyclic) bond motifs is 1. The van der Waals surface area contributed by atoms with E-state index in [4.69, 9.17) is 13.9 Å². The Bertz CT molecular complexity index is 770. The van der Waals surface area contributed by atoms with Crippen LogP contribution in [-0.4, -0.2) is 68.3 Å². The number of amides is 1. The van der Waals surface area contributed by atoms with Gasteiger partial charge >= 0.3 is 0 Å². The number of nitrogens with one attached hydrogen (secondary N) is 2. The fraction of sp³-hybridized carbons (Fsp3) is 0.444. The number of rotatable bonds is 5. The molecule has 2 N–H and O–H groups in total. The van der Waals surface area contributed by atoms with Gasteiger partial charge in [-0.25, -0.2) is 4.98 Å². The normalized spacial score (nSPS) is 17.1. The third-order valence-corrected chi connectivity index (χ3v) is 4.51. The molecular weight excluding hydrogens is 336 g/mol. The Morgan fingerprint density at radius 1 is 1.19 bits per heavy atom. The quantitative estimate of drug-likeness (QED) is 0.815. The first kappa shape index (κ1) is 16.9. The number of aromatic nitrogens is 1. The fourth-order valence-electron chi connectivity index (χ4n) is 3.14. The molecule has 26 heavy (non-hydrogen) atoms. The summed E-state index contributed by atoms with van der Waals surface area (Å²) in [6, 6.07) is 5.47. The molecule has 1 aromatic carbocycles. The van der Waals surface area contributed by atoms with Crippen LogP contribution in [0.15, 0.2) is 29.0 Å². The second-order valence-electron chi connectivity index (χ2n) is 6.24. The van der Waals surface area contributed by atoms with Crippen molar-refractivity contribution >= 4 is 5.91 Å². The van der Waals surface area contributed by atoms with Crippen molar-refractivity contribution in [3.63, 3.8) is 0 Å². The number of carbonyl (C=O) groups is 1. The molecule has 1 aromatic heterocycles. The summed E-state index contributed by atoms with van der Waals surface area (Å²) >= 11 is 0. The summed E-state index contributed by atoms with van der Waals surface area (Å²) < 4.78 is 16.6. The molecule has 0 aliphatic carbocycles. The van der Waals surface area contributed by atoms with Crippen molar-refractivity contribution in [1.29, 1.82) is 0 Å². The van der Waals surface area contributed by atoms with Crippen LogP contribution in [0.2, 0.25) is 0 Å². The number of piperazine rings is 1. The van der Waals surface area contributed by atoms with E-state index in [9.17, 15) is 4.79 Å². The number of hydrogen-bond acceptors (Lipinski definition) is 7. The Morgan fingerprint density at radius 2 is 2.00 bits per heavy atom. The standard InChI is InChI=1S/C18H22N4O4/c23-18(20-5-8-22-6-3-19-4-7-22)16-17(26-12-21-16)13-1-2-14-15(11-13)25-10-9-24-14/h1-2,11-12,19H,3-10H2,(H,20,23). The first-order valence-corrected chi connectivity index (χ1v) is 8.86. The molecule has 3 heterocycles. The van der Waals surface area contributed by atoms with Gasteiger partial charge in [0.1, 0.15) is 13.2 Å². The van der Waals surface area contributed by atoms with Crippen LogP contribution < -0.4 is 20.1 Å². The predicted octanol–water partition coefficient (Wildman–Crippen LogP) is 0.748. The van der Waals surface area contributed by atoms with E-state index < -0.39 is 0 Å². The van der Waals surface area contributed by atoms with E-state index in [-0.39, 0.29) is 11.6 Å². The Kier molecular flexibility index (Phi) is 5.03. The topological polar surface area (TPSA) is 88.9 Å². The highest BCUT2D eigenvalue weighted by molar-refractivity contribution is 5.97. The van der Waals surface area contributed by atoms with Gasteiger partial charge in [-0.2, -0.15) is 0 Å². The molecular formula is C18H22N4O4. The minimum absolute atomic E-state index is 0.237. The Balaban J connectivity index is 1.42. The van der Waals surface area contributed by atoms with Gasteiger partial charge < -0.3 is 24.5 Å². The van der Waals surface area contributed by atoms with E-state index in [0.717, 1.165) is 38.3 Å². The lowest BCUT2D eigenvalue weighted by molar-refractivity contribution is 0.0943. The van der Waals surface area contributed by atoms with E-state index in [1.807, 2.05) is 18.2 Å². The molecule has 0 saturated carbocycles. The van der Waals surface area contributed by atoms with E-state index >= 15 is 0 Å². The SMILES string of the molecule is O=C(NCCN1CCNCC1)c1ncoc1-c1ccc2c(c1)OCCO2. The highest BCUT2D eigenvalue weighted by atomic mass is 16.6. The van der Waals surface area contributed by atoms with Gasteiger partial charge in [0.25, 0.3) is 5.91 Å². The van der Waals surface area contributed by atoms with Crippen molar-refractivity contribution < 1.29 is 18.7 Å². The lowest BCUT2D eigenvalue weighted by Gasteiger charge is -2.27. The van der Waals surface area contributed by atoms with Gasteiger partial charge in [-0.05, 0) is 18.2 Å². The molecule has 1 amide bonds. The summed E-state index contributed by atoms with van der Waals surface area (Å²) in [5.41, 5.74) is 1.01. The van der Waals surface area contributed by atoms with Gasteiger partial charge in [0.2, 0.25) is 0 Å². The second kappa shape index (κ2) is 7.76. The predicted molar refractivity (Wildman–Crippen MR) is 94.6 cm³/mol. The molecule has 2 aromatic rings. The molecule has 2 aliphatic heterocycles. The summed E-state index contributed by atoms with van der Waals surface area (Å²) in [5, 5.41) is 6.24. The van der Waals surface area contributed by atoms with Crippen LogP contribution in [0.1, 0.15) is 10.5 Å². The van der Waals surface area contributed by atoms with E-state index in [1.165, 1.54) is 6.39 Å². The fourth-order valence-corrected chi connectivity index (χ4v) is 3.14. The molecule has 1 saturated heterocycles. The molecule has 8 heteroatoms. The molecule has 0 bridgehead atoms. The molecule has 0 unspecified atom stereocenters. The molecule has 0 radical (unpaired) electrons. The molecule has 4 rings (SSSR count). The van der Waals surface area contributed by atoms with Crippen LogP contribution in [0, 0.1) is 0 Å². The van der Waals surface area contributed by atoms with Crippen molar-refractivity contribution in [1.82, 2.24) is 20.5 Å². The lowest BCUT2D eigenvalue weighted by Crippen LogP contribution is -2.46. The molecule has 8 nitrogen and oxygen atoms in total. The van der Waals surface area contributed by atoms with Crippen LogP contribution in [0.3, 0.4) is 0 Å². The number of ether oxygens (including phenoxy) is 2. The largest absolute Gasteiger partial charge is 0.486 e. The van der Waals surface area contributed by atoms with Crippen LogP contribution in [-0.2, 0) is 0 Å². The summed E-state index contributed by atoms with van der Waals surface area (Å²) in [7, 11) is 0. The monoisotopic (exact) mass is 358 g/mol. The lowest BCUT2D eigenvalue weighted by atomic mass is 10.1. The Labute approximate surface area is 151 Å². The van der Waals surface area contributed by atoms with Crippen LogP contribution in [0.4, 0.5) is 0 Å². The minimum atomic E-state index is -0.237. The first-order chi connectivity index (χ1) is 12.8. The van der Waals surface area contributed by atoms with E-state index in [2.05, 4.69) is 20.5 Å². The minimum Gasteiger partial charge on any atom is -0.486 e. The van der Waals surface area contributed by atoms with E-state index in [0.29, 0.717) is 37.0 Å². The zero-order valence-corrected chi connectivity index (χ0v) is 14.5. The van der Waals surface area contributed by atoms with Gasteiger partial charge in [-0.3, -0.25) is 9.69 Å². The Morgan fingerprint density at radius 3 is 2.85 bits per heavy atom. The molecule has 138 valence electrons. The average molecular weight is 358 g/mol. The summed E-state index contributed by atoms with van der Waals surface area (Å²) in [4.78, 5) is 18.9. The average Bonchev–Trinajstić information content (AvgIpc) is 3.18. The first-order valence-electron chi connectivity index (χ1n) is 8.86. The Hall–Kier alpha value is -2.58. The highest BCUT2D eigenvalue weighted by Gasteiger charge is 2.21. The second-order valence-corrected chi connectivity index (χ2v) is 6.24. The van der Waals surface area contributed by atoms with Crippen molar-refractivity contribution in [3.05, 3.63) is 30.3 Å². The van der Waals surface area contributed by atoms with E-state index in [1.54, 1.807) is 0 Å². The molecule has 1 fully saturated rings. The third kappa shape index (κ3) is 3.66. The maximum Gasteiger partial charge on any atom is 0.273 e.